The van der Waals surface area contributed by atoms with Gasteiger partial charge in [0.25, 0.3) is 5.91 Å². The highest BCUT2D eigenvalue weighted by molar-refractivity contribution is 9.10. The number of amides is 1. The summed E-state index contributed by atoms with van der Waals surface area (Å²) in [6.45, 7) is 3.42. The van der Waals surface area contributed by atoms with Crippen LogP contribution in [0.25, 0.3) is 0 Å². The van der Waals surface area contributed by atoms with Gasteiger partial charge in [-0.25, -0.2) is 0 Å². The van der Waals surface area contributed by atoms with E-state index in [1.54, 1.807) is 38.1 Å². The summed E-state index contributed by atoms with van der Waals surface area (Å²) >= 11 is 3.36. The van der Waals surface area contributed by atoms with Gasteiger partial charge in [-0.1, -0.05) is 28.1 Å². The fraction of sp³-hybridized carbons (Fsp3) is 0.188. The molecule has 0 unspecified atom stereocenters. The lowest BCUT2D eigenvalue weighted by Gasteiger charge is -2.25. The molecule has 0 aliphatic heterocycles. The second kappa shape index (κ2) is 6.18. The zero-order chi connectivity index (χ0) is 15.5. The molecule has 0 radical (unpaired) electrons. The quantitative estimate of drug-likeness (QED) is 0.825. The van der Waals surface area contributed by atoms with Gasteiger partial charge in [-0.2, -0.15) is 0 Å². The molecular weight excluding hydrogens is 332 g/mol. The number of nitrogens with two attached hydrogens (primary N) is 1. The van der Waals surface area contributed by atoms with Crippen molar-refractivity contribution in [1.29, 1.82) is 0 Å². The molecule has 0 aliphatic carbocycles. The Morgan fingerprint density at radius 1 is 1.14 bits per heavy atom. The first-order valence-electron chi connectivity index (χ1n) is 6.49. The zero-order valence-electron chi connectivity index (χ0n) is 11.9. The van der Waals surface area contributed by atoms with Crippen LogP contribution in [-0.4, -0.2) is 11.5 Å². The Morgan fingerprint density at radius 2 is 1.76 bits per heavy atom. The lowest BCUT2D eigenvalue weighted by atomic mass is 10.1. The first-order chi connectivity index (χ1) is 9.88. The molecule has 0 atom stereocenters. The van der Waals surface area contributed by atoms with Gasteiger partial charge in [0.15, 0.2) is 5.60 Å². The number of carbonyl (C=O) groups is 1. The fourth-order valence-electron chi connectivity index (χ4n) is 1.73. The molecular formula is C16H17BrN2O2. The third kappa shape index (κ3) is 3.98. The highest BCUT2D eigenvalue weighted by Gasteiger charge is 2.30. The number of para-hydroxylation sites is 2. The van der Waals surface area contributed by atoms with E-state index in [-0.39, 0.29) is 5.91 Å². The average molecular weight is 349 g/mol. The number of anilines is 2. The van der Waals surface area contributed by atoms with Crippen LogP contribution in [-0.2, 0) is 4.79 Å². The van der Waals surface area contributed by atoms with Crippen LogP contribution in [0.2, 0.25) is 0 Å². The van der Waals surface area contributed by atoms with Gasteiger partial charge in [-0.3, -0.25) is 4.79 Å². The SMILES string of the molecule is CC(C)(Oc1ccc(Br)cc1)C(=O)Nc1ccccc1N. The third-order valence-electron chi connectivity index (χ3n) is 2.94. The second-order valence-corrected chi connectivity index (χ2v) is 6.02. The molecule has 3 N–H and O–H groups in total. The lowest BCUT2D eigenvalue weighted by Crippen LogP contribution is -2.42. The van der Waals surface area contributed by atoms with Crippen molar-refractivity contribution in [3.05, 3.63) is 53.0 Å². The minimum Gasteiger partial charge on any atom is -0.478 e. The van der Waals surface area contributed by atoms with Crippen molar-refractivity contribution in [2.75, 3.05) is 11.1 Å². The molecule has 2 aromatic rings. The standard InChI is InChI=1S/C16H17BrN2O2/c1-16(2,21-12-9-7-11(17)8-10-12)15(20)19-14-6-4-3-5-13(14)18/h3-10H,18H2,1-2H3,(H,19,20). The molecule has 0 fully saturated rings. The topological polar surface area (TPSA) is 64.3 Å². The van der Waals surface area contributed by atoms with Crippen LogP contribution >= 0.6 is 15.9 Å². The number of halogens is 1. The van der Waals surface area contributed by atoms with E-state index in [9.17, 15) is 4.79 Å². The second-order valence-electron chi connectivity index (χ2n) is 5.11. The van der Waals surface area contributed by atoms with Crippen LogP contribution in [0.3, 0.4) is 0 Å². The maximum atomic E-state index is 12.4. The monoisotopic (exact) mass is 348 g/mol. The molecule has 2 rings (SSSR count). The summed E-state index contributed by atoms with van der Waals surface area (Å²) in [7, 11) is 0. The van der Waals surface area contributed by atoms with Crippen LogP contribution in [0.1, 0.15) is 13.8 Å². The van der Waals surface area contributed by atoms with Crippen molar-refractivity contribution >= 4 is 33.2 Å². The summed E-state index contributed by atoms with van der Waals surface area (Å²) in [4.78, 5) is 12.4. The Kier molecular flexibility index (Phi) is 4.53. The Hall–Kier alpha value is -2.01. The van der Waals surface area contributed by atoms with E-state index in [0.29, 0.717) is 17.1 Å². The predicted octanol–water partition coefficient (Wildman–Crippen LogP) is 3.83. The Bertz CT molecular complexity index is 639. The number of hydrogen-bond acceptors (Lipinski definition) is 3. The molecule has 0 aromatic heterocycles. The Labute approximate surface area is 132 Å². The van der Waals surface area contributed by atoms with Crippen LogP contribution in [0.4, 0.5) is 11.4 Å². The maximum absolute atomic E-state index is 12.4. The normalized spacial score (nSPS) is 11.0. The predicted molar refractivity (Wildman–Crippen MR) is 88.3 cm³/mol. The summed E-state index contributed by atoms with van der Waals surface area (Å²) in [5.41, 5.74) is 5.90. The number of ether oxygens (including phenoxy) is 1. The molecule has 2 aromatic carbocycles. The molecule has 0 aliphatic rings. The number of nitrogens with one attached hydrogen (secondary N) is 1. The molecule has 1 amide bonds. The Balaban J connectivity index is 2.10. The third-order valence-corrected chi connectivity index (χ3v) is 3.47. The van der Waals surface area contributed by atoms with E-state index in [2.05, 4.69) is 21.2 Å². The van der Waals surface area contributed by atoms with Crippen molar-refractivity contribution in [1.82, 2.24) is 0 Å². The summed E-state index contributed by atoms with van der Waals surface area (Å²) < 4.78 is 6.71. The summed E-state index contributed by atoms with van der Waals surface area (Å²) in [5.74, 6) is 0.364. The highest BCUT2D eigenvalue weighted by atomic mass is 79.9. The van der Waals surface area contributed by atoms with Gasteiger partial charge in [-0.05, 0) is 50.2 Å². The zero-order valence-corrected chi connectivity index (χ0v) is 13.5. The van der Waals surface area contributed by atoms with Crippen molar-refractivity contribution in [3.63, 3.8) is 0 Å². The fourth-order valence-corrected chi connectivity index (χ4v) is 1.99. The number of carbonyl (C=O) groups excluding carboxylic acids is 1. The van der Waals surface area contributed by atoms with Crippen LogP contribution in [0.5, 0.6) is 5.75 Å². The van der Waals surface area contributed by atoms with Gasteiger partial charge < -0.3 is 15.8 Å². The van der Waals surface area contributed by atoms with Crippen LogP contribution in [0, 0.1) is 0 Å². The van der Waals surface area contributed by atoms with E-state index in [1.165, 1.54) is 0 Å². The minimum atomic E-state index is -1.02. The van der Waals surface area contributed by atoms with Gasteiger partial charge in [-0.15, -0.1) is 0 Å². The molecule has 0 bridgehead atoms. The van der Waals surface area contributed by atoms with E-state index in [1.807, 2.05) is 24.3 Å². The first-order valence-corrected chi connectivity index (χ1v) is 7.28. The minimum absolute atomic E-state index is 0.261. The molecule has 4 nitrogen and oxygen atoms in total. The van der Waals surface area contributed by atoms with Crippen LogP contribution < -0.4 is 15.8 Å². The molecule has 5 heteroatoms. The number of nitrogen functional groups attached to an aromatic ring is 1. The average Bonchev–Trinajstić information content (AvgIpc) is 2.43. The maximum Gasteiger partial charge on any atom is 0.268 e. The number of benzene rings is 2. The van der Waals surface area contributed by atoms with Gasteiger partial charge >= 0.3 is 0 Å². The van der Waals surface area contributed by atoms with E-state index in [0.717, 1.165) is 4.47 Å². The molecule has 110 valence electrons. The van der Waals surface area contributed by atoms with Gasteiger partial charge in [0.1, 0.15) is 5.75 Å². The van der Waals surface area contributed by atoms with Crippen molar-refractivity contribution < 1.29 is 9.53 Å². The number of rotatable bonds is 4. The molecule has 21 heavy (non-hydrogen) atoms. The summed E-state index contributed by atoms with van der Waals surface area (Å²) in [6.07, 6.45) is 0. The van der Waals surface area contributed by atoms with Gasteiger partial charge in [0.2, 0.25) is 0 Å². The highest BCUT2D eigenvalue weighted by Crippen LogP contribution is 2.23. The van der Waals surface area contributed by atoms with Crippen molar-refractivity contribution in [2.24, 2.45) is 0 Å². The molecule has 0 heterocycles. The first kappa shape index (κ1) is 15.4. The van der Waals surface area contributed by atoms with Gasteiger partial charge in [0.05, 0.1) is 11.4 Å². The molecule has 0 spiro atoms. The van der Waals surface area contributed by atoms with Crippen LogP contribution in [0.15, 0.2) is 53.0 Å². The summed E-state index contributed by atoms with van der Waals surface area (Å²) in [6, 6.07) is 14.4. The van der Waals surface area contributed by atoms with E-state index < -0.39 is 5.60 Å². The van der Waals surface area contributed by atoms with Gasteiger partial charge in [0, 0.05) is 4.47 Å². The van der Waals surface area contributed by atoms with Crippen molar-refractivity contribution in [2.45, 2.75) is 19.4 Å². The Morgan fingerprint density at radius 3 is 2.38 bits per heavy atom. The lowest BCUT2D eigenvalue weighted by molar-refractivity contribution is -0.128. The number of hydrogen-bond donors (Lipinski definition) is 2. The molecule has 0 saturated heterocycles. The van der Waals surface area contributed by atoms with E-state index >= 15 is 0 Å². The largest absolute Gasteiger partial charge is 0.478 e. The summed E-state index contributed by atoms with van der Waals surface area (Å²) in [5, 5.41) is 2.78. The van der Waals surface area contributed by atoms with Crippen molar-refractivity contribution in [3.8, 4) is 5.75 Å². The molecule has 0 saturated carbocycles. The smallest absolute Gasteiger partial charge is 0.268 e. The van der Waals surface area contributed by atoms with E-state index in [4.69, 9.17) is 10.5 Å².